The Morgan fingerprint density at radius 3 is 2.68 bits per heavy atom. The van der Waals surface area contributed by atoms with Gasteiger partial charge in [-0.3, -0.25) is 4.98 Å². The van der Waals surface area contributed by atoms with Crippen LogP contribution < -0.4 is 0 Å². The van der Waals surface area contributed by atoms with Gasteiger partial charge in [-0.2, -0.15) is 0 Å². The van der Waals surface area contributed by atoms with Crippen LogP contribution in [0.25, 0.3) is 11.4 Å². The van der Waals surface area contributed by atoms with Gasteiger partial charge >= 0.3 is 5.97 Å². The lowest BCUT2D eigenvalue weighted by Gasteiger charge is -2.11. The molecule has 0 N–H and O–H groups in total. The number of carbonyl (C=O) groups excluding carboxylic acids is 1. The third-order valence-electron chi connectivity index (χ3n) is 3.42. The summed E-state index contributed by atoms with van der Waals surface area (Å²) in [7, 11) is 1.39. The highest BCUT2D eigenvalue weighted by Gasteiger charge is 2.13. The maximum Gasteiger partial charge on any atom is 0.338 e. The van der Waals surface area contributed by atoms with E-state index in [-0.39, 0.29) is 5.97 Å². The Balaban J connectivity index is 1.96. The molecule has 5 nitrogen and oxygen atoms in total. The fraction of sp³-hybridized carbons (Fsp3) is 0.118. The molecule has 110 valence electrons. The first-order chi connectivity index (χ1) is 10.8. The molecule has 22 heavy (non-hydrogen) atoms. The van der Waals surface area contributed by atoms with Crippen molar-refractivity contribution in [3.05, 3.63) is 72.3 Å². The molecule has 0 saturated carbocycles. The van der Waals surface area contributed by atoms with Crippen LogP contribution in [0.4, 0.5) is 0 Å². The number of carbonyl (C=O) groups is 1. The molecule has 3 aromatic rings. The van der Waals surface area contributed by atoms with E-state index < -0.39 is 0 Å². The second-order valence-electron chi connectivity index (χ2n) is 4.76. The zero-order chi connectivity index (χ0) is 15.4. The third kappa shape index (κ3) is 2.74. The molecule has 0 spiro atoms. The molecule has 2 aromatic heterocycles. The van der Waals surface area contributed by atoms with Crippen LogP contribution in [0.5, 0.6) is 0 Å². The molecule has 0 bridgehead atoms. The summed E-state index contributed by atoms with van der Waals surface area (Å²) in [6, 6.07) is 11.2. The largest absolute Gasteiger partial charge is 0.465 e. The topological polar surface area (TPSA) is 57.0 Å². The SMILES string of the molecule is COC(=O)c1ccccc1Cn1ccnc1-c1ccncc1. The molecule has 0 saturated heterocycles. The highest BCUT2D eigenvalue weighted by molar-refractivity contribution is 5.91. The Morgan fingerprint density at radius 1 is 1.14 bits per heavy atom. The lowest BCUT2D eigenvalue weighted by molar-refractivity contribution is 0.0599. The van der Waals surface area contributed by atoms with Gasteiger partial charge in [0.2, 0.25) is 0 Å². The Labute approximate surface area is 128 Å². The van der Waals surface area contributed by atoms with Crippen molar-refractivity contribution in [2.45, 2.75) is 6.54 Å². The number of esters is 1. The molecular weight excluding hydrogens is 278 g/mol. The first-order valence-corrected chi connectivity index (χ1v) is 6.87. The minimum atomic E-state index is -0.332. The van der Waals surface area contributed by atoms with Crippen molar-refractivity contribution in [2.75, 3.05) is 7.11 Å². The molecular formula is C17H15N3O2. The van der Waals surface area contributed by atoms with Gasteiger partial charge in [-0.25, -0.2) is 9.78 Å². The fourth-order valence-corrected chi connectivity index (χ4v) is 2.35. The van der Waals surface area contributed by atoms with Crippen molar-refractivity contribution in [3.8, 4) is 11.4 Å². The van der Waals surface area contributed by atoms with Crippen LogP contribution in [0.2, 0.25) is 0 Å². The van der Waals surface area contributed by atoms with Gasteiger partial charge in [-0.1, -0.05) is 18.2 Å². The van der Waals surface area contributed by atoms with Crippen LogP contribution in [-0.2, 0) is 11.3 Å². The Morgan fingerprint density at radius 2 is 1.91 bits per heavy atom. The maximum absolute atomic E-state index is 11.9. The molecule has 5 heteroatoms. The van der Waals surface area contributed by atoms with E-state index in [1.54, 1.807) is 24.7 Å². The normalized spacial score (nSPS) is 10.4. The summed E-state index contributed by atoms with van der Waals surface area (Å²) in [4.78, 5) is 20.3. The number of benzene rings is 1. The summed E-state index contributed by atoms with van der Waals surface area (Å²) in [5.74, 6) is 0.503. The second kappa shape index (κ2) is 6.22. The van der Waals surface area contributed by atoms with Gasteiger partial charge in [0.15, 0.2) is 0 Å². The van der Waals surface area contributed by atoms with E-state index in [2.05, 4.69) is 9.97 Å². The summed E-state index contributed by atoms with van der Waals surface area (Å²) < 4.78 is 6.84. The Kier molecular flexibility index (Phi) is 3.96. The zero-order valence-electron chi connectivity index (χ0n) is 12.1. The standard InChI is InChI=1S/C17H15N3O2/c1-22-17(21)15-5-3-2-4-14(15)12-20-11-10-19-16(20)13-6-8-18-9-7-13/h2-11H,12H2,1H3. The fourth-order valence-electron chi connectivity index (χ4n) is 2.35. The summed E-state index contributed by atoms with van der Waals surface area (Å²) in [6.07, 6.45) is 7.10. The van der Waals surface area contributed by atoms with Crippen molar-refractivity contribution in [2.24, 2.45) is 0 Å². The Bertz CT molecular complexity index is 781. The number of hydrogen-bond donors (Lipinski definition) is 0. The minimum Gasteiger partial charge on any atom is -0.465 e. The molecule has 0 aliphatic carbocycles. The van der Waals surface area contributed by atoms with E-state index in [1.807, 2.05) is 41.1 Å². The lowest BCUT2D eigenvalue weighted by atomic mass is 10.1. The molecule has 1 aromatic carbocycles. The van der Waals surface area contributed by atoms with Crippen molar-refractivity contribution < 1.29 is 9.53 Å². The highest BCUT2D eigenvalue weighted by atomic mass is 16.5. The van der Waals surface area contributed by atoms with Gasteiger partial charge in [0, 0.05) is 36.9 Å². The summed E-state index contributed by atoms with van der Waals surface area (Å²) in [5.41, 5.74) is 2.44. The summed E-state index contributed by atoms with van der Waals surface area (Å²) in [5, 5.41) is 0. The third-order valence-corrected chi connectivity index (χ3v) is 3.42. The van der Waals surface area contributed by atoms with Gasteiger partial charge in [0.1, 0.15) is 5.82 Å². The second-order valence-corrected chi connectivity index (χ2v) is 4.76. The molecule has 0 aliphatic heterocycles. The van der Waals surface area contributed by atoms with Crippen molar-refractivity contribution in [1.29, 1.82) is 0 Å². The van der Waals surface area contributed by atoms with Crippen LogP contribution in [0.15, 0.2) is 61.2 Å². The van der Waals surface area contributed by atoms with Gasteiger partial charge in [-0.05, 0) is 23.8 Å². The van der Waals surface area contributed by atoms with E-state index in [4.69, 9.17) is 4.74 Å². The average molecular weight is 293 g/mol. The zero-order valence-corrected chi connectivity index (χ0v) is 12.1. The quantitative estimate of drug-likeness (QED) is 0.694. The molecule has 0 amide bonds. The molecule has 0 fully saturated rings. The maximum atomic E-state index is 11.9. The number of aromatic nitrogens is 3. The molecule has 2 heterocycles. The number of ether oxygens (including phenoxy) is 1. The molecule has 0 atom stereocenters. The van der Waals surface area contributed by atoms with E-state index in [0.29, 0.717) is 12.1 Å². The van der Waals surface area contributed by atoms with E-state index in [9.17, 15) is 4.79 Å². The van der Waals surface area contributed by atoms with Crippen molar-refractivity contribution >= 4 is 5.97 Å². The predicted octanol–water partition coefficient (Wildman–Crippen LogP) is 2.78. The lowest BCUT2D eigenvalue weighted by Crippen LogP contribution is -2.09. The van der Waals surface area contributed by atoms with Gasteiger partial charge in [-0.15, -0.1) is 0 Å². The van der Waals surface area contributed by atoms with Gasteiger partial charge in [0.05, 0.1) is 12.7 Å². The number of nitrogens with zero attached hydrogens (tertiary/aromatic N) is 3. The highest BCUT2D eigenvalue weighted by Crippen LogP contribution is 2.19. The summed E-state index contributed by atoms with van der Waals surface area (Å²) in [6.45, 7) is 0.545. The van der Waals surface area contributed by atoms with E-state index in [1.165, 1.54) is 7.11 Å². The van der Waals surface area contributed by atoms with E-state index >= 15 is 0 Å². The van der Waals surface area contributed by atoms with Crippen molar-refractivity contribution in [1.82, 2.24) is 14.5 Å². The smallest absolute Gasteiger partial charge is 0.338 e. The van der Waals surface area contributed by atoms with E-state index in [0.717, 1.165) is 17.0 Å². The molecule has 0 radical (unpaired) electrons. The van der Waals surface area contributed by atoms with Crippen molar-refractivity contribution in [3.63, 3.8) is 0 Å². The first kappa shape index (κ1) is 14.0. The monoisotopic (exact) mass is 293 g/mol. The number of hydrogen-bond acceptors (Lipinski definition) is 4. The summed E-state index contributed by atoms with van der Waals surface area (Å²) >= 11 is 0. The number of pyridine rings is 1. The number of rotatable bonds is 4. The average Bonchev–Trinajstić information content (AvgIpc) is 3.03. The number of imidazole rings is 1. The van der Waals surface area contributed by atoms with Crippen LogP contribution in [0.3, 0.4) is 0 Å². The van der Waals surface area contributed by atoms with Crippen LogP contribution in [-0.4, -0.2) is 27.6 Å². The molecule has 3 rings (SSSR count). The van der Waals surface area contributed by atoms with Gasteiger partial charge < -0.3 is 9.30 Å². The Hall–Kier alpha value is -2.95. The molecule has 0 unspecified atom stereocenters. The van der Waals surface area contributed by atoms with Gasteiger partial charge in [0.25, 0.3) is 0 Å². The number of methoxy groups -OCH3 is 1. The van der Waals surface area contributed by atoms with Crippen LogP contribution >= 0.6 is 0 Å². The minimum absolute atomic E-state index is 0.332. The molecule has 0 aliphatic rings. The predicted molar refractivity (Wildman–Crippen MR) is 82.3 cm³/mol. The first-order valence-electron chi connectivity index (χ1n) is 6.87. The van der Waals surface area contributed by atoms with Crippen LogP contribution in [0.1, 0.15) is 15.9 Å². The van der Waals surface area contributed by atoms with Crippen LogP contribution in [0, 0.1) is 0 Å².